The fourth-order valence-corrected chi connectivity index (χ4v) is 2.97. The van der Waals surface area contributed by atoms with Gasteiger partial charge in [-0.2, -0.15) is 0 Å². The van der Waals surface area contributed by atoms with Crippen LogP contribution in [-0.2, 0) is 9.59 Å². The molecule has 1 fully saturated rings. The van der Waals surface area contributed by atoms with Gasteiger partial charge in [-0.3, -0.25) is 14.5 Å². The SMILES string of the molecule is CCN(CC)C(=O)CN1CCN(C(=O)/C=C/c2ccc(Cl)cc2)CC1. The van der Waals surface area contributed by atoms with Gasteiger partial charge < -0.3 is 9.80 Å². The van der Waals surface area contributed by atoms with Crippen LogP contribution in [0.15, 0.2) is 30.3 Å². The van der Waals surface area contributed by atoms with Crippen LogP contribution in [0.25, 0.3) is 6.08 Å². The summed E-state index contributed by atoms with van der Waals surface area (Å²) in [6.07, 6.45) is 3.40. The van der Waals surface area contributed by atoms with Gasteiger partial charge in [0.15, 0.2) is 0 Å². The monoisotopic (exact) mass is 363 g/mol. The van der Waals surface area contributed by atoms with Crippen LogP contribution >= 0.6 is 11.6 Å². The summed E-state index contributed by atoms with van der Waals surface area (Å²) in [7, 11) is 0. The number of benzene rings is 1. The highest BCUT2D eigenvalue weighted by Gasteiger charge is 2.22. The molecule has 1 heterocycles. The zero-order chi connectivity index (χ0) is 18.2. The van der Waals surface area contributed by atoms with E-state index in [-0.39, 0.29) is 11.8 Å². The minimum absolute atomic E-state index is 0.00432. The second-order valence-corrected chi connectivity index (χ2v) is 6.49. The van der Waals surface area contributed by atoms with E-state index in [1.165, 1.54) is 0 Å². The Kier molecular flexibility index (Phi) is 7.47. The highest BCUT2D eigenvalue weighted by Crippen LogP contribution is 2.11. The van der Waals surface area contributed by atoms with Gasteiger partial charge in [-0.05, 0) is 37.6 Å². The van der Waals surface area contributed by atoms with Crippen LogP contribution in [0.1, 0.15) is 19.4 Å². The van der Waals surface area contributed by atoms with Gasteiger partial charge in [-0.15, -0.1) is 0 Å². The highest BCUT2D eigenvalue weighted by molar-refractivity contribution is 6.30. The molecule has 0 bridgehead atoms. The highest BCUT2D eigenvalue weighted by atomic mass is 35.5. The molecule has 1 saturated heterocycles. The number of carbonyl (C=O) groups excluding carboxylic acids is 2. The van der Waals surface area contributed by atoms with E-state index in [9.17, 15) is 9.59 Å². The molecule has 0 radical (unpaired) electrons. The molecule has 1 aromatic rings. The summed E-state index contributed by atoms with van der Waals surface area (Å²) in [4.78, 5) is 30.2. The van der Waals surface area contributed by atoms with Gasteiger partial charge >= 0.3 is 0 Å². The molecule has 1 aliphatic heterocycles. The van der Waals surface area contributed by atoms with Gasteiger partial charge in [0, 0.05) is 50.4 Å². The van der Waals surface area contributed by atoms with Crippen LogP contribution in [-0.4, -0.2) is 72.3 Å². The summed E-state index contributed by atoms with van der Waals surface area (Å²) in [6, 6.07) is 7.36. The number of hydrogen-bond donors (Lipinski definition) is 0. The molecule has 136 valence electrons. The van der Waals surface area contributed by atoms with Gasteiger partial charge in [0.1, 0.15) is 0 Å². The van der Waals surface area contributed by atoms with Crippen LogP contribution in [0.4, 0.5) is 0 Å². The molecule has 0 saturated carbocycles. The molecule has 0 atom stereocenters. The number of amides is 2. The Hall–Kier alpha value is -1.85. The van der Waals surface area contributed by atoms with Crippen molar-refractivity contribution in [1.82, 2.24) is 14.7 Å². The van der Waals surface area contributed by atoms with Crippen molar-refractivity contribution in [2.24, 2.45) is 0 Å². The molecule has 0 spiro atoms. The standard InChI is InChI=1S/C19H26ClN3O2/c1-3-22(4-2)19(25)15-21-11-13-23(14-12-21)18(24)10-7-16-5-8-17(20)9-6-16/h5-10H,3-4,11-15H2,1-2H3/b10-7+. The zero-order valence-corrected chi connectivity index (χ0v) is 15.7. The molecule has 0 aliphatic carbocycles. The predicted octanol–water partition coefficient (Wildman–Crippen LogP) is 2.37. The molecule has 5 nitrogen and oxygen atoms in total. The number of nitrogens with zero attached hydrogens (tertiary/aromatic N) is 3. The normalized spacial score (nSPS) is 15.6. The first kappa shape index (κ1) is 19.5. The molecule has 6 heteroatoms. The van der Waals surface area contributed by atoms with E-state index >= 15 is 0 Å². The van der Waals surface area contributed by atoms with Crippen LogP contribution in [0.2, 0.25) is 5.02 Å². The van der Waals surface area contributed by atoms with Crippen molar-refractivity contribution < 1.29 is 9.59 Å². The van der Waals surface area contributed by atoms with Gasteiger partial charge in [0.2, 0.25) is 11.8 Å². The third kappa shape index (κ3) is 5.87. The first-order chi connectivity index (χ1) is 12.0. The van der Waals surface area contributed by atoms with Gasteiger partial charge in [0.25, 0.3) is 0 Å². The summed E-state index contributed by atoms with van der Waals surface area (Å²) in [5.74, 6) is 0.164. The van der Waals surface area contributed by atoms with E-state index in [0.717, 1.165) is 31.7 Å². The molecule has 1 aromatic carbocycles. The van der Waals surface area contributed by atoms with Crippen LogP contribution in [0, 0.1) is 0 Å². The van der Waals surface area contributed by atoms with E-state index in [0.29, 0.717) is 24.7 Å². The Morgan fingerprint density at radius 3 is 2.24 bits per heavy atom. The maximum absolute atomic E-state index is 12.3. The Morgan fingerprint density at radius 1 is 1.08 bits per heavy atom. The van der Waals surface area contributed by atoms with Crippen LogP contribution in [0.5, 0.6) is 0 Å². The molecule has 2 rings (SSSR count). The molecule has 1 aliphatic rings. The van der Waals surface area contributed by atoms with Crippen molar-refractivity contribution in [2.75, 3.05) is 45.8 Å². The summed E-state index contributed by atoms with van der Waals surface area (Å²) in [5.41, 5.74) is 0.946. The fraction of sp³-hybridized carbons (Fsp3) is 0.474. The third-order valence-corrected chi connectivity index (χ3v) is 4.70. The predicted molar refractivity (Wildman–Crippen MR) is 101 cm³/mol. The van der Waals surface area contributed by atoms with Crippen LogP contribution in [0.3, 0.4) is 0 Å². The smallest absolute Gasteiger partial charge is 0.246 e. The number of hydrogen-bond acceptors (Lipinski definition) is 3. The second kappa shape index (κ2) is 9.59. The van der Waals surface area contributed by atoms with Gasteiger partial charge in [0.05, 0.1) is 6.54 Å². The van der Waals surface area contributed by atoms with E-state index in [4.69, 9.17) is 11.6 Å². The minimum atomic E-state index is 0.00432. The largest absolute Gasteiger partial charge is 0.342 e. The molecule has 2 amide bonds. The molecule has 0 aromatic heterocycles. The fourth-order valence-electron chi connectivity index (χ4n) is 2.84. The quantitative estimate of drug-likeness (QED) is 0.729. The van der Waals surface area contributed by atoms with E-state index in [1.807, 2.05) is 35.8 Å². The first-order valence-corrected chi connectivity index (χ1v) is 9.14. The third-order valence-electron chi connectivity index (χ3n) is 4.45. The average molecular weight is 364 g/mol. The lowest BCUT2D eigenvalue weighted by atomic mass is 10.2. The molecule has 0 N–H and O–H groups in total. The van der Waals surface area contributed by atoms with E-state index < -0.39 is 0 Å². The van der Waals surface area contributed by atoms with Crippen molar-refractivity contribution in [3.63, 3.8) is 0 Å². The van der Waals surface area contributed by atoms with Crippen molar-refractivity contribution >= 4 is 29.5 Å². The van der Waals surface area contributed by atoms with Gasteiger partial charge in [-0.25, -0.2) is 0 Å². The maximum atomic E-state index is 12.3. The summed E-state index contributed by atoms with van der Waals surface area (Å²) in [5, 5.41) is 0.679. The van der Waals surface area contributed by atoms with Crippen molar-refractivity contribution in [1.29, 1.82) is 0 Å². The molecule has 0 unspecified atom stereocenters. The number of piperazine rings is 1. The summed E-state index contributed by atoms with van der Waals surface area (Å²) in [6.45, 7) is 8.65. The second-order valence-electron chi connectivity index (χ2n) is 6.05. The summed E-state index contributed by atoms with van der Waals surface area (Å²) >= 11 is 5.85. The van der Waals surface area contributed by atoms with E-state index in [2.05, 4.69) is 4.90 Å². The molecular weight excluding hydrogens is 338 g/mol. The average Bonchev–Trinajstić information content (AvgIpc) is 2.62. The minimum Gasteiger partial charge on any atom is -0.342 e. The lowest BCUT2D eigenvalue weighted by Gasteiger charge is -2.34. The topological polar surface area (TPSA) is 43.9 Å². The Labute approximate surface area is 154 Å². The first-order valence-electron chi connectivity index (χ1n) is 8.76. The number of rotatable bonds is 6. The van der Waals surface area contributed by atoms with Crippen molar-refractivity contribution in [3.8, 4) is 0 Å². The zero-order valence-electron chi connectivity index (χ0n) is 14.9. The number of carbonyl (C=O) groups is 2. The van der Waals surface area contributed by atoms with Crippen molar-refractivity contribution in [2.45, 2.75) is 13.8 Å². The lowest BCUT2D eigenvalue weighted by Crippen LogP contribution is -2.51. The Morgan fingerprint density at radius 2 is 1.68 bits per heavy atom. The van der Waals surface area contributed by atoms with E-state index in [1.54, 1.807) is 24.3 Å². The summed E-state index contributed by atoms with van der Waals surface area (Å²) < 4.78 is 0. The maximum Gasteiger partial charge on any atom is 0.246 e. The Balaban J connectivity index is 1.80. The lowest BCUT2D eigenvalue weighted by molar-refractivity contribution is -0.133. The number of halogens is 1. The molecule has 25 heavy (non-hydrogen) atoms. The Bertz CT molecular complexity index is 604. The number of likely N-dealkylation sites (N-methyl/N-ethyl adjacent to an activating group) is 1. The van der Waals surface area contributed by atoms with Crippen LogP contribution < -0.4 is 0 Å². The molecular formula is C19H26ClN3O2. The van der Waals surface area contributed by atoms with Gasteiger partial charge in [-0.1, -0.05) is 23.7 Å². The van der Waals surface area contributed by atoms with Crippen molar-refractivity contribution in [3.05, 3.63) is 40.9 Å².